The average molecular weight is 251 g/mol. The molecule has 0 bridgehead atoms. The second kappa shape index (κ2) is 5.44. The Hall–Kier alpha value is -1.49. The molecule has 1 atom stereocenters. The second-order valence-corrected chi connectivity index (χ2v) is 5.05. The highest BCUT2D eigenvalue weighted by molar-refractivity contribution is 5.94. The first kappa shape index (κ1) is 13.0. The van der Waals surface area contributed by atoms with Gasteiger partial charge in [0.25, 0.3) is 5.91 Å². The van der Waals surface area contributed by atoms with E-state index >= 15 is 0 Å². The molecule has 0 aromatic carbocycles. The number of nitrogens with one attached hydrogen (secondary N) is 1. The highest BCUT2D eigenvalue weighted by Crippen LogP contribution is 2.17. The number of nitrogens with two attached hydrogens (primary N) is 1. The number of rotatable bonds is 3. The van der Waals surface area contributed by atoms with Crippen molar-refractivity contribution in [2.45, 2.75) is 38.8 Å². The highest BCUT2D eigenvalue weighted by Gasteiger charge is 2.20. The summed E-state index contributed by atoms with van der Waals surface area (Å²) in [6.45, 7) is 5.45. The Bertz CT molecular complexity index is 420. The maximum Gasteiger partial charge on any atom is 0.268 e. The minimum atomic E-state index is -0.0732. The monoisotopic (exact) mass is 251 g/mol. The summed E-state index contributed by atoms with van der Waals surface area (Å²) in [6, 6.07) is 2.05. The molecule has 1 fully saturated rings. The minimum absolute atomic E-state index is 0.0732. The highest BCUT2D eigenvalue weighted by atomic mass is 16.5. The lowest BCUT2D eigenvalue weighted by molar-refractivity contribution is 0.0619. The van der Waals surface area contributed by atoms with E-state index in [4.69, 9.17) is 10.5 Å². The topological polar surface area (TPSA) is 69.3 Å². The van der Waals surface area contributed by atoms with Gasteiger partial charge >= 0.3 is 0 Å². The van der Waals surface area contributed by atoms with Crippen LogP contribution >= 0.6 is 0 Å². The van der Waals surface area contributed by atoms with Crippen LogP contribution in [0.25, 0.3) is 0 Å². The number of amides is 1. The predicted octanol–water partition coefficient (Wildman–Crippen LogP) is 1.56. The molecule has 0 radical (unpaired) electrons. The van der Waals surface area contributed by atoms with Crippen molar-refractivity contribution < 1.29 is 9.53 Å². The van der Waals surface area contributed by atoms with E-state index in [0.717, 1.165) is 19.4 Å². The summed E-state index contributed by atoms with van der Waals surface area (Å²) in [5, 5.41) is 3.00. The van der Waals surface area contributed by atoms with E-state index in [1.54, 1.807) is 12.3 Å². The number of hydrogen-bond donors (Lipinski definition) is 2. The molecule has 100 valence electrons. The van der Waals surface area contributed by atoms with E-state index in [2.05, 4.69) is 5.32 Å². The Kier molecular flexibility index (Phi) is 3.91. The van der Waals surface area contributed by atoms with Gasteiger partial charge in [0.1, 0.15) is 5.69 Å². The van der Waals surface area contributed by atoms with E-state index in [1.165, 1.54) is 0 Å². The van der Waals surface area contributed by atoms with Crippen LogP contribution in [0.3, 0.4) is 0 Å². The lowest BCUT2D eigenvalue weighted by Gasteiger charge is -2.23. The van der Waals surface area contributed by atoms with E-state index < -0.39 is 0 Å². The summed E-state index contributed by atoms with van der Waals surface area (Å²) >= 11 is 0. The molecule has 5 heteroatoms. The summed E-state index contributed by atoms with van der Waals surface area (Å²) in [6.07, 6.45) is 3.78. The Morgan fingerprint density at radius 2 is 2.39 bits per heavy atom. The lowest BCUT2D eigenvalue weighted by Crippen LogP contribution is -2.41. The molecule has 1 aromatic rings. The first-order chi connectivity index (χ1) is 8.58. The minimum Gasteiger partial charge on any atom is -0.397 e. The molecule has 0 saturated carbocycles. The Morgan fingerprint density at radius 1 is 1.61 bits per heavy atom. The van der Waals surface area contributed by atoms with Gasteiger partial charge < -0.3 is 20.4 Å². The maximum atomic E-state index is 12.2. The fourth-order valence-corrected chi connectivity index (χ4v) is 2.22. The zero-order valence-corrected chi connectivity index (χ0v) is 11.0. The predicted molar refractivity (Wildman–Crippen MR) is 70.5 cm³/mol. The molecule has 1 amide bonds. The van der Waals surface area contributed by atoms with Crippen LogP contribution in [-0.4, -0.2) is 29.7 Å². The van der Waals surface area contributed by atoms with Gasteiger partial charge in [-0.1, -0.05) is 0 Å². The molecule has 1 aromatic heterocycles. The number of carbonyl (C=O) groups is 1. The molecule has 18 heavy (non-hydrogen) atoms. The molecule has 3 N–H and O–H groups in total. The van der Waals surface area contributed by atoms with Gasteiger partial charge in [0.15, 0.2) is 0 Å². The standard InChI is InChI=1S/C13H21N3O2/c1-9(2)16-7-10(14)6-12(16)13(17)15-11-4-3-5-18-8-11/h6-7,9,11H,3-5,8,14H2,1-2H3,(H,15,17). The van der Waals surface area contributed by atoms with Crippen LogP contribution in [0.5, 0.6) is 0 Å². The zero-order chi connectivity index (χ0) is 13.1. The van der Waals surface area contributed by atoms with E-state index in [9.17, 15) is 4.79 Å². The normalized spacial score (nSPS) is 20.1. The molecule has 1 aliphatic rings. The van der Waals surface area contributed by atoms with Crippen molar-refractivity contribution in [1.29, 1.82) is 0 Å². The fourth-order valence-electron chi connectivity index (χ4n) is 2.22. The number of nitrogens with zero attached hydrogens (tertiary/aromatic N) is 1. The number of hydrogen-bond acceptors (Lipinski definition) is 3. The van der Waals surface area contributed by atoms with Gasteiger partial charge in [-0.15, -0.1) is 0 Å². The summed E-state index contributed by atoms with van der Waals surface area (Å²) in [5.74, 6) is -0.0732. The molecule has 0 spiro atoms. The van der Waals surface area contributed by atoms with Crippen LogP contribution in [0.2, 0.25) is 0 Å². The first-order valence-corrected chi connectivity index (χ1v) is 6.44. The van der Waals surface area contributed by atoms with Crippen LogP contribution in [0.15, 0.2) is 12.3 Å². The first-order valence-electron chi connectivity index (χ1n) is 6.44. The van der Waals surface area contributed by atoms with Crippen molar-refractivity contribution in [3.05, 3.63) is 18.0 Å². The maximum absolute atomic E-state index is 12.2. The summed E-state index contributed by atoms with van der Waals surface area (Å²) < 4.78 is 7.25. The molecule has 2 heterocycles. The Morgan fingerprint density at radius 3 is 3.00 bits per heavy atom. The van der Waals surface area contributed by atoms with Crippen molar-refractivity contribution in [2.75, 3.05) is 18.9 Å². The number of anilines is 1. The van der Waals surface area contributed by atoms with Crippen LogP contribution < -0.4 is 11.1 Å². The Balaban J connectivity index is 2.08. The number of nitrogen functional groups attached to an aromatic ring is 1. The summed E-state index contributed by atoms with van der Waals surface area (Å²) in [5.41, 5.74) is 7.00. The molecule has 1 aliphatic heterocycles. The lowest BCUT2D eigenvalue weighted by atomic mass is 10.1. The van der Waals surface area contributed by atoms with Crippen LogP contribution in [0.1, 0.15) is 43.2 Å². The number of aromatic nitrogens is 1. The quantitative estimate of drug-likeness (QED) is 0.856. The third-order valence-electron chi connectivity index (χ3n) is 3.15. The van der Waals surface area contributed by atoms with Gasteiger partial charge in [-0.3, -0.25) is 4.79 Å². The van der Waals surface area contributed by atoms with Crippen molar-refractivity contribution in [1.82, 2.24) is 9.88 Å². The summed E-state index contributed by atoms with van der Waals surface area (Å²) in [4.78, 5) is 12.2. The fraction of sp³-hybridized carbons (Fsp3) is 0.615. The van der Waals surface area contributed by atoms with Gasteiger partial charge in [-0.25, -0.2) is 0 Å². The molecular weight excluding hydrogens is 230 g/mol. The van der Waals surface area contributed by atoms with Crippen LogP contribution in [0.4, 0.5) is 5.69 Å². The average Bonchev–Trinajstić information content (AvgIpc) is 2.73. The van der Waals surface area contributed by atoms with Gasteiger partial charge in [-0.05, 0) is 32.8 Å². The van der Waals surface area contributed by atoms with Crippen LogP contribution in [-0.2, 0) is 4.74 Å². The van der Waals surface area contributed by atoms with Gasteiger partial charge in [0.05, 0.1) is 18.3 Å². The van der Waals surface area contributed by atoms with Crippen molar-refractivity contribution >= 4 is 11.6 Å². The number of ether oxygens (including phenoxy) is 1. The molecular formula is C13H21N3O2. The second-order valence-electron chi connectivity index (χ2n) is 5.05. The molecule has 2 rings (SSSR count). The Labute approximate surface area is 107 Å². The van der Waals surface area contributed by atoms with Gasteiger partial charge in [0, 0.05) is 18.8 Å². The molecule has 1 unspecified atom stereocenters. The summed E-state index contributed by atoms with van der Waals surface area (Å²) in [7, 11) is 0. The SMILES string of the molecule is CC(C)n1cc(N)cc1C(=O)NC1CCCOC1. The van der Waals surface area contributed by atoms with E-state index in [1.807, 2.05) is 18.4 Å². The largest absolute Gasteiger partial charge is 0.397 e. The zero-order valence-electron chi connectivity index (χ0n) is 11.0. The van der Waals surface area contributed by atoms with Gasteiger partial charge in [-0.2, -0.15) is 0 Å². The smallest absolute Gasteiger partial charge is 0.268 e. The van der Waals surface area contributed by atoms with Crippen molar-refractivity contribution in [3.63, 3.8) is 0 Å². The molecule has 0 aliphatic carbocycles. The number of carbonyl (C=O) groups excluding carboxylic acids is 1. The van der Waals surface area contributed by atoms with Crippen LogP contribution in [0, 0.1) is 0 Å². The molecule has 5 nitrogen and oxygen atoms in total. The third kappa shape index (κ3) is 2.85. The van der Waals surface area contributed by atoms with E-state index in [0.29, 0.717) is 18.0 Å². The van der Waals surface area contributed by atoms with Gasteiger partial charge in [0.2, 0.25) is 0 Å². The molecule has 1 saturated heterocycles. The van der Waals surface area contributed by atoms with Crippen molar-refractivity contribution in [3.8, 4) is 0 Å². The van der Waals surface area contributed by atoms with Crippen molar-refractivity contribution in [2.24, 2.45) is 0 Å². The van der Waals surface area contributed by atoms with E-state index in [-0.39, 0.29) is 18.0 Å². The third-order valence-corrected chi connectivity index (χ3v) is 3.15.